The molecule has 0 amide bonds. The molecule has 1 N–H and O–H groups in total. The van der Waals surface area contributed by atoms with Gasteiger partial charge in [0.15, 0.2) is 0 Å². The van der Waals surface area contributed by atoms with Crippen LogP contribution < -0.4 is 10.2 Å². The van der Waals surface area contributed by atoms with E-state index < -0.39 is 0 Å². The number of hydrogen-bond donors (Lipinski definition) is 1. The van der Waals surface area contributed by atoms with Crippen molar-refractivity contribution in [2.75, 3.05) is 24.5 Å². The van der Waals surface area contributed by atoms with E-state index in [0.717, 1.165) is 29.9 Å². The molecule has 0 aliphatic carbocycles. The van der Waals surface area contributed by atoms with Gasteiger partial charge in [-0.3, -0.25) is 0 Å². The van der Waals surface area contributed by atoms with Crippen LogP contribution in [-0.4, -0.2) is 30.7 Å². The number of hydrogen-bond acceptors (Lipinski definition) is 3. The lowest BCUT2D eigenvalue weighted by molar-refractivity contribution is 0.584. The van der Waals surface area contributed by atoms with E-state index in [9.17, 15) is 0 Å². The van der Waals surface area contributed by atoms with Gasteiger partial charge in [0, 0.05) is 29.8 Å². The first-order chi connectivity index (χ1) is 8.22. The molecule has 0 aromatic carbocycles. The van der Waals surface area contributed by atoms with Gasteiger partial charge in [-0.25, -0.2) is 4.98 Å². The van der Waals surface area contributed by atoms with Crippen LogP contribution in [0.25, 0.3) is 0 Å². The Morgan fingerprint density at radius 2 is 2.41 bits per heavy atom. The number of aryl methyl sites for hydroxylation is 1. The summed E-state index contributed by atoms with van der Waals surface area (Å²) in [5, 5.41) is 3.44. The molecule has 2 rings (SSSR count). The molecule has 94 valence electrons. The first-order valence-corrected chi connectivity index (χ1v) is 7.11. The topological polar surface area (TPSA) is 28.2 Å². The molecule has 3 nitrogen and oxygen atoms in total. The van der Waals surface area contributed by atoms with Crippen molar-refractivity contribution in [3.63, 3.8) is 0 Å². The van der Waals surface area contributed by atoms with Gasteiger partial charge in [-0.15, -0.1) is 0 Å². The van der Waals surface area contributed by atoms with Crippen molar-refractivity contribution in [3.05, 3.63) is 22.3 Å². The van der Waals surface area contributed by atoms with Crippen molar-refractivity contribution in [2.24, 2.45) is 0 Å². The maximum Gasteiger partial charge on any atom is 0.131 e. The molecule has 17 heavy (non-hydrogen) atoms. The van der Waals surface area contributed by atoms with Crippen molar-refractivity contribution >= 4 is 21.7 Å². The van der Waals surface area contributed by atoms with Crippen LogP contribution in [0.15, 0.2) is 16.7 Å². The number of likely N-dealkylation sites (N-methyl/N-ethyl adjacent to an activating group) is 1. The SMILES string of the molecule is CCNCC1CCCN1c1ncc(Br)cc1C. The van der Waals surface area contributed by atoms with E-state index in [0.29, 0.717) is 6.04 Å². The van der Waals surface area contributed by atoms with Crippen LogP contribution in [0.4, 0.5) is 5.82 Å². The monoisotopic (exact) mass is 297 g/mol. The molecule has 1 aromatic rings. The predicted octanol–water partition coefficient (Wildman–Crippen LogP) is 2.73. The molecule has 1 unspecified atom stereocenters. The summed E-state index contributed by atoms with van der Waals surface area (Å²) in [5.41, 5.74) is 1.25. The Bertz CT molecular complexity index is 381. The average Bonchev–Trinajstić information content (AvgIpc) is 2.74. The second kappa shape index (κ2) is 5.83. The number of aromatic nitrogens is 1. The molecule has 1 saturated heterocycles. The largest absolute Gasteiger partial charge is 0.352 e. The molecule has 1 aromatic heterocycles. The second-order valence-electron chi connectivity index (χ2n) is 4.59. The van der Waals surface area contributed by atoms with E-state index in [4.69, 9.17) is 0 Å². The van der Waals surface area contributed by atoms with Crippen LogP contribution >= 0.6 is 15.9 Å². The zero-order chi connectivity index (χ0) is 12.3. The highest BCUT2D eigenvalue weighted by atomic mass is 79.9. The summed E-state index contributed by atoms with van der Waals surface area (Å²) >= 11 is 3.47. The van der Waals surface area contributed by atoms with Crippen molar-refractivity contribution in [3.8, 4) is 0 Å². The lowest BCUT2D eigenvalue weighted by Crippen LogP contribution is -2.38. The summed E-state index contributed by atoms with van der Waals surface area (Å²) in [5.74, 6) is 1.15. The van der Waals surface area contributed by atoms with Gasteiger partial charge in [0.05, 0.1) is 0 Å². The number of anilines is 1. The lowest BCUT2D eigenvalue weighted by atomic mass is 10.2. The zero-order valence-corrected chi connectivity index (χ0v) is 12.1. The van der Waals surface area contributed by atoms with Crippen LogP contribution in [0.3, 0.4) is 0 Å². The molecule has 0 spiro atoms. The van der Waals surface area contributed by atoms with Crippen LogP contribution in [0.2, 0.25) is 0 Å². The third-order valence-corrected chi connectivity index (χ3v) is 3.73. The Labute approximate surface area is 112 Å². The molecule has 4 heteroatoms. The third kappa shape index (κ3) is 2.99. The van der Waals surface area contributed by atoms with E-state index in [1.54, 1.807) is 0 Å². The summed E-state index contributed by atoms with van der Waals surface area (Å²) in [6.07, 6.45) is 4.43. The van der Waals surface area contributed by atoms with E-state index in [-0.39, 0.29) is 0 Å². The fourth-order valence-corrected chi connectivity index (χ4v) is 2.92. The molecule has 1 fully saturated rings. The molecule has 2 heterocycles. The molecule has 0 bridgehead atoms. The van der Waals surface area contributed by atoms with Gasteiger partial charge >= 0.3 is 0 Å². The Morgan fingerprint density at radius 3 is 3.12 bits per heavy atom. The van der Waals surface area contributed by atoms with Gasteiger partial charge in [0.1, 0.15) is 5.82 Å². The summed E-state index contributed by atoms with van der Waals surface area (Å²) in [4.78, 5) is 7.02. The molecule has 1 atom stereocenters. The Balaban J connectivity index is 2.14. The first-order valence-electron chi connectivity index (χ1n) is 6.32. The molecule has 1 aliphatic heterocycles. The Morgan fingerprint density at radius 1 is 1.59 bits per heavy atom. The van der Waals surface area contributed by atoms with E-state index in [1.165, 1.54) is 18.4 Å². The summed E-state index contributed by atoms with van der Waals surface area (Å²) in [6, 6.07) is 2.74. The van der Waals surface area contributed by atoms with E-state index in [1.807, 2.05) is 6.20 Å². The third-order valence-electron chi connectivity index (χ3n) is 3.30. The Kier molecular flexibility index (Phi) is 4.40. The van der Waals surface area contributed by atoms with Crippen LogP contribution in [0.5, 0.6) is 0 Å². The minimum absolute atomic E-state index is 0.599. The Hall–Kier alpha value is -0.610. The fourth-order valence-electron chi connectivity index (χ4n) is 2.47. The average molecular weight is 298 g/mol. The first kappa shape index (κ1) is 12.8. The highest BCUT2D eigenvalue weighted by molar-refractivity contribution is 9.10. The number of pyridine rings is 1. The van der Waals surface area contributed by atoms with Gasteiger partial charge in [-0.05, 0) is 53.9 Å². The normalized spacial score (nSPS) is 19.9. The van der Waals surface area contributed by atoms with Crippen molar-refractivity contribution in [2.45, 2.75) is 32.7 Å². The summed E-state index contributed by atoms with van der Waals surface area (Å²) < 4.78 is 1.06. The fraction of sp³-hybridized carbons (Fsp3) is 0.615. The van der Waals surface area contributed by atoms with Crippen molar-refractivity contribution in [1.29, 1.82) is 0 Å². The summed E-state index contributed by atoms with van der Waals surface area (Å²) in [6.45, 7) is 7.52. The van der Waals surface area contributed by atoms with Gasteiger partial charge in [0.25, 0.3) is 0 Å². The number of nitrogens with zero attached hydrogens (tertiary/aromatic N) is 2. The van der Waals surface area contributed by atoms with Gasteiger partial charge in [-0.2, -0.15) is 0 Å². The van der Waals surface area contributed by atoms with Crippen molar-refractivity contribution < 1.29 is 0 Å². The van der Waals surface area contributed by atoms with Crippen LogP contribution in [0.1, 0.15) is 25.3 Å². The van der Waals surface area contributed by atoms with Gasteiger partial charge in [0.2, 0.25) is 0 Å². The minimum Gasteiger partial charge on any atom is -0.352 e. The zero-order valence-electron chi connectivity index (χ0n) is 10.5. The smallest absolute Gasteiger partial charge is 0.131 e. The molecule has 0 saturated carbocycles. The number of halogens is 1. The highest BCUT2D eigenvalue weighted by Crippen LogP contribution is 2.27. The maximum absolute atomic E-state index is 4.57. The maximum atomic E-state index is 4.57. The molecule has 0 radical (unpaired) electrons. The lowest BCUT2D eigenvalue weighted by Gasteiger charge is -2.27. The highest BCUT2D eigenvalue weighted by Gasteiger charge is 2.26. The minimum atomic E-state index is 0.599. The van der Waals surface area contributed by atoms with Crippen LogP contribution in [-0.2, 0) is 0 Å². The van der Waals surface area contributed by atoms with Gasteiger partial charge in [-0.1, -0.05) is 6.92 Å². The van der Waals surface area contributed by atoms with E-state index >= 15 is 0 Å². The number of rotatable bonds is 4. The molecular formula is C13H20BrN3. The summed E-state index contributed by atoms with van der Waals surface area (Å²) in [7, 11) is 0. The second-order valence-corrected chi connectivity index (χ2v) is 5.51. The quantitative estimate of drug-likeness (QED) is 0.926. The standard InChI is InChI=1S/C13H20BrN3/c1-3-15-9-12-5-4-6-17(12)13-10(2)7-11(14)8-16-13/h7-8,12,15H,3-6,9H2,1-2H3. The number of nitrogens with one attached hydrogen (secondary N) is 1. The molecule has 1 aliphatic rings. The van der Waals surface area contributed by atoms with Crippen LogP contribution in [0, 0.1) is 6.92 Å². The molecular weight excluding hydrogens is 278 g/mol. The predicted molar refractivity (Wildman–Crippen MR) is 75.6 cm³/mol. The van der Waals surface area contributed by atoms with Crippen molar-refractivity contribution in [1.82, 2.24) is 10.3 Å². The van der Waals surface area contributed by atoms with Gasteiger partial charge < -0.3 is 10.2 Å². The van der Waals surface area contributed by atoms with E-state index in [2.05, 4.69) is 51.0 Å².